The molecule has 2 aromatic rings. The minimum Gasteiger partial charge on any atom is -0.494 e. The van der Waals surface area contributed by atoms with E-state index in [1.54, 1.807) is 12.1 Å². The Balaban J connectivity index is -0.0000000144. The van der Waals surface area contributed by atoms with Crippen LogP contribution in [-0.2, 0) is 23.7 Å². The summed E-state index contributed by atoms with van der Waals surface area (Å²) in [6.07, 6.45) is 6.48. The van der Waals surface area contributed by atoms with Crippen LogP contribution in [-0.4, -0.2) is 151 Å². The first kappa shape index (κ1) is 212. The average Bonchev–Trinajstić information content (AvgIpc) is 3.36. The first-order valence-electron chi connectivity index (χ1n) is 24.6. The molecular weight excluding hydrogens is 1160 g/mol. The predicted octanol–water partition coefficient (Wildman–Crippen LogP) is 23.9. The standard InChI is InChI=1S/C10H12O2.C10H14O.C7H16O3.C6H14O2.C5H10O2.5C3H8O.24CH4/c1-2-8-12-10(11)9-6-4-3-5-7-9;1-3-8-11-10-6-4-9(2)5-7-10;1-6(2)4-10-5-7(9)3-8;1-6(2)5-8-4-3-7;1-3-4-7-5(2)6;5*1-2-3-4;;;;;;;;;;;;;;;;;;;;;;;;/h3-7H,2,8H2,1H3;4-7H,3,8H2,1-2H3;6-9H,3-5H2,1-2H3;6-7H,3-5H2,1-2H3;3-4H2,1-2H3;5*4H,2-3H2,1H3;24*1H4. The Hall–Kier alpha value is -3.22. The Morgan fingerprint density at radius 1 is 0.370 bits per heavy atom. The molecule has 0 aromatic heterocycles. The molecule has 0 fully saturated rings. The largest absolute Gasteiger partial charge is 0.494 e. The molecule has 2 aromatic carbocycles. The van der Waals surface area contributed by atoms with Gasteiger partial charge in [-0.3, -0.25) is 4.79 Å². The summed E-state index contributed by atoms with van der Waals surface area (Å²) in [4.78, 5) is 21.2. The molecule has 0 aliphatic carbocycles. The molecule has 0 bridgehead atoms. The second kappa shape index (κ2) is 205. The van der Waals surface area contributed by atoms with Gasteiger partial charge in [0.15, 0.2) is 0 Å². The molecule has 600 valence electrons. The first-order chi connectivity index (χ1) is 32.4. The van der Waals surface area contributed by atoms with E-state index < -0.39 is 6.10 Å². The molecule has 1 unspecified atom stereocenters. The van der Waals surface area contributed by atoms with Gasteiger partial charge in [-0.15, -0.1) is 0 Å². The van der Waals surface area contributed by atoms with Gasteiger partial charge in [0.2, 0.25) is 0 Å². The Morgan fingerprint density at radius 3 is 0.880 bits per heavy atom. The summed E-state index contributed by atoms with van der Waals surface area (Å²) in [5.41, 5.74) is 1.89. The topological polar surface area (TPSA) is 242 Å². The van der Waals surface area contributed by atoms with Gasteiger partial charge in [-0.1, -0.05) is 297 Å². The van der Waals surface area contributed by atoms with Crippen LogP contribution in [0, 0.1) is 18.8 Å². The lowest BCUT2D eigenvalue weighted by atomic mass is 10.2. The maximum atomic E-state index is 11.2. The number of aliphatic hydroxyl groups is 8. The highest BCUT2D eigenvalue weighted by Gasteiger charge is 2.04. The van der Waals surface area contributed by atoms with Gasteiger partial charge >= 0.3 is 11.9 Å². The summed E-state index contributed by atoms with van der Waals surface area (Å²) in [5.74, 6) is 1.59. The molecule has 8 N–H and O–H groups in total. The van der Waals surface area contributed by atoms with E-state index in [1.807, 2.05) is 92.6 Å². The fraction of sp³-hybridized carbons (Fsp3) is 0.818. The molecule has 0 aliphatic rings. The summed E-state index contributed by atoms with van der Waals surface area (Å²) in [6, 6.07) is 17.1. The Labute approximate surface area is 592 Å². The van der Waals surface area contributed by atoms with E-state index in [-0.39, 0.29) is 210 Å². The third-order valence-corrected chi connectivity index (χ3v) is 6.23. The van der Waals surface area contributed by atoms with E-state index in [4.69, 9.17) is 59.8 Å². The predicted molar refractivity (Wildman–Crippen MR) is 441 cm³/mol. The van der Waals surface area contributed by atoms with Gasteiger partial charge in [-0.05, 0) is 94.4 Å². The van der Waals surface area contributed by atoms with E-state index in [2.05, 4.69) is 44.6 Å². The maximum absolute atomic E-state index is 11.2. The van der Waals surface area contributed by atoms with Crippen LogP contribution in [0.1, 0.15) is 336 Å². The Bertz CT molecular complexity index is 1100. The second-order valence-corrected chi connectivity index (χ2v) is 15.1. The smallest absolute Gasteiger partial charge is 0.338 e. The van der Waals surface area contributed by atoms with Crippen LogP contribution in [0.2, 0.25) is 0 Å². The maximum Gasteiger partial charge on any atom is 0.338 e. The minimum absolute atomic E-state index is 0. The number of aliphatic hydroxyl groups excluding tert-OH is 8. The quantitative estimate of drug-likeness (QED) is 0.0404. The van der Waals surface area contributed by atoms with Crippen LogP contribution < -0.4 is 4.74 Å². The van der Waals surface area contributed by atoms with E-state index in [9.17, 15) is 9.59 Å². The van der Waals surface area contributed by atoms with E-state index >= 15 is 0 Å². The fourth-order valence-electron chi connectivity index (χ4n) is 2.83. The van der Waals surface area contributed by atoms with Crippen molar-refractivity contribution in [2.45, 2.75) is 333 Å². The van der Waals surface area contributed by atoms with Crippen LogP contribution in [0.5, 0.6) is 5.75 Å². The van der Waals surface area contributed by atoms with Crippen molar-refractivity contribution >= 4 is 11.9 Å². The lowest BCUT2D eigenvalue weighted by Crippen LogP contribution is -2.20. The number of esters is 2. The molecule has 0 aliphatic heterocycles. The monoisotopic (exact) mass is 1370 g/mol. The lowest BCUT2D eigenvalue weighted by Gasteiger charge is -2.09. The Kier molecular flexibility index (Phi) is 473. The molecule has 92 heavy (non-hydrogen) atoms. The van der Waals surface area contributed by atoms with Crippen LogP contribution in [0.25, 0.3) is 0 Å². The third-order valence-electron chi connectivity index (χ3n) is 6.23. The molecule has 0 amide bonds. The lowest BCUT2D eigenvalue weighted by molar-refractivity contribution is -0.140. The van der Waals surface area contributed by atoms with Gasteiger partial charge in [0, 0.05) is 53.2 Å². The second-order valence-electron chi connectivity index (χ2n) is 15.1. The molecule has 0 radical (unpaired) electrons. The van der Waals surface area contributed by atoms with Gasteiger partial charge in [-0.25, -0.2) is 4.79 Å². The van der Waals surface area contributed by atoms with Crippen molar-refractivity contribution in [2.75, 3.05) is 92.5 Å². The summed E-state index contributed by atoms with van der Waals surface area (Å²) in [6.45, 7) is 32.8. The molecule has 0 saturated heterocycles. The van der Waals surface area contributed by atoms with Crippen LogP contribution in [0.15, 0.2) is 54.6 Å². The van der Waals surface area contributed by atoms with E-state index in [0.717, 1.165) is 70.3 Å². The highest BCUT2D eigenvalue weighted by Crippen LogP contribution is 2.11. The molecular formula is C77H202O15. The van der Waals surface area contributed by atoms with Gasteiger partial charge in [-0.2, -0.15) is 0 Å². The normalized spacial score (nSPS) is 7.09. The number of rotatable bonds is 22. The molecule has 0 spiro atoms. The zero-order chi connectivity index (χ0) is 54.1. The highest BCUT2D eigenvalue weighted by atomic mass is 16.5. The number of hydrogen-bond donors (Lipinski definition) is 8. The number of benzene rings is 2. The minimum atomic E-state index is -0.723. The molecule has 15 heteroatoms. The van der Waals surface area contributed by atoms with Crippen molar-refractivity contribution in [3.05, 3.63) is 65.7 Å². The van der Waals surface area contributed by atoms with Crippen molar-refractivity contribution in [1.82, 2.24) is 0 Å². The van der Waals surface area contributed by atoms with Gasteiger partial charge in [0.25, 0.3) is 0 Å². The third kappa shape index (κ3) is 268. The Morgan fingerprint density at radius 2 is 0.652 bits per heavy atom. The zero-order valence-corrected chi connectivity index (χ0v) is 45.4. The number of aryl methyl sites for hydroxylation is 1. The number of carbonyl (C=O) groups is 2. The van der Waals surface area contributed by atoms with Crippen molar-refractivity contribution in [1.29, 1.82) is 0 Å². The van der Waals surface area contributed by atoms with Crippen molar-refractivity contribution in [3.8, 4) is 5.75 Å². The van der Waals surface area contributed by atoms with Gasteiger partial charge in [0.1, 0.15) is 11.9 Å². The summed E-state index contributed by atoms with van der Waals surface area (Å²) < 4.78 is 24.9. The number of ether oxygens (including phenoxy) is 5. The van der Waals surface area contributed by atoms with Crippen LogP contribution in [0.3, 0.4) is 0 Å². The van der Waals surface area contributed by atoms with Crippen molar-refractivity contribution in [2.24, 2.45) is 11.8 Å². The molecule has 2 rings (SSSR count). The highest BCUT2D eigenvalue weighted by molar-refractivity contribution is 5.89. The summed E-state index contributed by atoms with van der Waals surface area (Å²) in [5, 5.41) is 64.8. The van der Waals surface area contributed by atoms with Crippen LogP contribution >= 0.6 is 0 Å². The summed E-state index contributed by atoms with van der Waals surface area (Å²) >= 11 is 0. The number of carbonyl (C=O) groups excluding carboxylic acids is 2. The molecule has 0 saturated carbocycles. The van der Waals surface area contributed by atoms with Gasteiger partial charge < -0.3 is 64.5 Å². The zero-order valence-electron chi connectivity index (χ0n) is 45.4. The summed E-state index contributed by atoms with van der Waals surface area (Å²) in [7, 11) is 0. The van der Waals surface area contributed by atoms with E-state index in [1.165, 1.54) is 12.5 Å². The van der Waals surface area contributed by atoms with Gasteiger partial charge in [0.05, 0.1) is 51.8 Å². The van der Waals surface area contributed by atoms with E-state index in [0.29, 0.717) is 76.9 Å². The molecule has 0 heterocycles. The average molecular weight is 1370 g/mol. The van der Waals surface area contributed by atoms with Crippen molar-refractivity contribution in [3.63, 3.8) is 0 Å². The first-order valence-corrected chi connectivity index (χ1v) is 24.6. The van der Waals surface area contributed by atoms with Crippen molar-refractivity contribution < 1.29 is 74.1 Å². The SMILES string of the molecule is C.C.C.C.C.C.C.C.C.C.C.C.C.C.C.C.C.C.C.C.C.C.C.C.CC(C)COCC(O)CO.CC(C)COCCO.CCCO.CCCO.CCCO.CCCO.CCCO.CCCOC(=O)c1ccccc1.CCCOC(C)=O.CCCOc1ccc(C)cc1. The molecule has 15 nitrogen and oxygen atoms in total. The fourth-order valence-corrected chi connectivity index (χ4v) is 2.83. The van der Waals surface area contributed by atoms with Crippen LogP contribution in [0.4, 0.5) is 0 Å². The number of hydrogen-bond acceptors (Lipinski definition) is 15. The molecule has 1 atom stereocenters.